The average Bonchev–Trinajstić information content (AvgIpc) is 2.85. The summed E-state index contributed by atoms with van der Waals surface area (Å²) >= 11 is 3.47. The summed E-state index contributed by atoms with van der Waals surface area (Å²) in [6.45, 7) is 5.32. The topological polar surface area (TPSA) is 86.8 Å². The Balaban J connectivity index is 2.05. The number of anilines is 1. The number of benzene rings is 3. The standard InChI is InChI=1S/C29H34BrN3O4S/c1-21(2)31-29(35)27(18-23-9-6-5-7-10-23)32(19-24-11-8-12-25(30)17-24)28(34)20-33(38(4,36)37)26-15-13-22(3)14-16-26/h5-17,21,27H,18-20H2,1-4H3,(H,31,35). The molecule has 0 radical (unpaired) electrons. The summed E-state index contributed by atoms with van der Waals surface area (Å²) in [5, 5.41) is 2.94. The van der Waals surface area contributed by atoms with Crippen LogP contribution in [0.25, 0.3) is 0 Å². The maximum absolute atomic E-state index is 14.0. The lowest BCUT2D eigenvalue weighted by Gasteiger charge is -2.34. The Morgan fingerprint density at radius 2 is 1.55 bits per heavy atom. The molecule has 3 rings (SSSR count). The van der Waals surface area contributed by atoms with Crippen LogP contribution in [0.3, 0.4) is 0 Å². The molecule has 202 valence electrons. The third-order valence-electron chi connectivity index (χ3n) is 5.95. The van der Waals surface area contributed by atoms with E-state index in [0.717, 1.165) is 31.7 Å². The number of aryl methyl sites for hydroxylation is 1. The van der Waals surface area contributed by atoms with Crippen molar-refractivity contribution in [1.29, 1.82) is 0 Å². The zero-order valence-corrected chi connectivity index (χ0v) is 24.5. The van der Waals surface area contributed by atoms with Crippen molar-refractivity contribution >= 4 is 43.5 Å². The molecule has 2 amide bonds. The third-order valence-corrected chi connectivity index (χ3v) is 7.58. The van der Waals surface area contributed by atoms with Crippen LogP contribution in [0.2, 0.25) is 0 Å². The molecule has 3 aromatic rings. The van der Waals surface area contributed by atoms with E-state index in [4.69, 9.17) is 0 Å². The first-order chi connectivity index (χ1) is 17.9. The van der Waals surface area contributed by atoms with Crippen molar-refractivity contribution in [1.82, 2.24) is 10.2 Å². The lowest BCUT2D eigenvalue weighted by atomic mass is 10.0. The molecule has 0 aliphatic carbocycles. The molecule has 1 atom stereocenters. The Bertz CT molecular complexity index is 1350. The van der Waals surface area contributed by atoms with Crippen LogP contribution in [0.1, 0.15) is 30.5 Å². The Morgan fingerprint density at radius 3 is 2.13 bits per heavy atom. The number of sulfonamides is 1. The molecular weight excluding hydrogens is 566 g/mol. The van der Waals surface area contributed by atoms with Gasteiger partial charge in [0.1, 0.15) is 12.6 Å². The van der Waals surface area contributed by atoms with E-state index in [0.29, 0.717) is 5.69 Å². The maximum atomic E-state index is 14.0. The first-order valence-corrected chi connectivity index (χ1v) is 15.0. The lowest BCUT2D eigenvalue weighted by molar-refractivity contribution is -0.140. The minimum Gasteiger partial charge on any atom is -0.352 e. The van der Waals surface area contributed by atoms with Crippen LogP contribution in [0, 0.1) is 6.92 Å². The molecule has 0 fully saturated rings. The van der Waals surface area contributed by atoms with Crippen molar-refractivity contribution in [2.75, 3.05) is 17.1 Å². The molecule has 0 bridgehead atoms. The predicted octanol–water partition coefficient (Wildman–Crippen LogP) is 4.69. The highest BCUT2D eigenvalue weighted by molar-refractivity contribution is 9.10. The quantitative estimate of drug-likeness (QED) is 0.346. The van der Waals surface area contributed by atoms with Gasteiger partial charge in [-0.3, -0.25) is 13.9 Å². The number of amides is 2. The summed E-state index contributed by atoms with van der Waals surface area (Å²) < 4.78 is 27.5. The molecule has 0 saturated carbocycles. The van der Waals surface area contributed by atoms with Crippen molar-refractivity contribution in [3.63, 3.8) is 0 Å². The second kappa shape index (κ2) is 13.1. The van der Waals surface area contributed by atoms with E-state index in [9.17, 15) is 18.0 Å². The van der Waals surface area contributed by atoms with Gasteiger partial charge in [-0.15, -0.1) is 0 Å². The van der Waals surface area contributed by atoms with E-state index in [1.165, 1.54) is 4.90 Å². The number of rotatable bonds is 11. The molecule has 0 aliphatic heterocycles. The number of halogens is 1. The van der Waals surface area contributed by atoms with Gasteiger partial charge in [-0.2, -0.15) is 0 Å². The monoisotopic (exact) mass is 599 g/mol. The summed E-state index contributed by atoms with van der Waals surface area (Å²) in [5.74, 6) is -0.774. The SMILES string of the molecule is Cc1ccc(N(CC(=O)N(Cc2cccc(Br)c2)C(Cc2ccccc2)C(=O)NC(C)C)S(C)(=O)=O)cc1. The normalized spacial score (nSPS) is 12.2. The largest absolute Gasteiger partial charge is 0.352 e. The van der Waals surface area contributed by atoms with Gasteiger partial charge in [0.05, 0.1) is 11.9 Å². The number of nitrogens with one attached hydrogen (secondary N) is 1. The van der Waals surface area contributed by atoms with Gasteiger partial charge >= 0.3 is 0 Å². The molecule has 0 spiro atoms. The van der Waals surface area contributed by atoms with Crippen LogP contribution >= 0.6 is 15.9 Å². The van der Waals surface area contributed by atoms with Crippen LogP contribution in [0.4, 0.5) is 5.69 Å². The second-order valence-corrected chi connectivity index (χ2v) is 12.4. The first kappa shape index (κ1) is 29.4. The minimum atomic E-state index is -3.79. The number of hydrogen-bond acceptors (Lipinski definition) is 4. The van der Waals surface area contributed by atoms with Gasteiger partial charge in [-0.25, -0.2) is 8.42 Å². The fourth-order valence-electron chi connectivity index (χ4n) is 4.09. The molecule has 0 heterocycles. The third kappa shape index (κ3) is 8.43. The maximum Gasteiger partial charge on any atom is 0.244 e. The molecule has 0 aliphatic rings. The van der Waals surface area contributed by atoms with Crippen molar-refractivity contribution in [3.8, 4) is 0 Å². The zero-order valence-electron chi connectivity index (χ0n) is 22.1. The molecular formula is C29H34BrN3O4S. The Labute approximate surface area is 234 Å². The highest BCUT2D eigenvalue weighted by Gasteiger charge is 2.33. The highest BCUT2D eigenvalue weighted by atomic mass is 79.9. The smallest absolute Gasteiger partial charge is 0.244 e. The van der Waals surface area contributed by atoms with Crippen molar-refractivity contribution in [2.45, 2.75) is 45.8 Å². The van der Waals surface area contributed by atoms with E-state index in [1.807, 2.05) is 75.4 Å². The fraction of sp³-hybridized carbons (Fsp3) is 0.310. The number of hydrogen-bond donors (Lipinski definition) is 1. The Hall–Kier alpha value is -3.17. The van der Waals surface area contributed by atoms with Crippen molar-refractivity contribution in [2.24, 2.45) is 0 Å². The van der Waals surface area contributed by atoms with Crippen LogP contribution in [-0.4, -0.2) is 50.0 Å². The fourth-order valence-corrected chi connectivity index (χ4v) is 5.39. The second-order valence-electron chi connectivity index (χ2n) is 9.63. The van der Waals surface area contributed by atoms with Crippen LogP contribution in [-0.2, 0) is 32.6 Å². The number of carbonyl (C=O) groups excluding carboxylic acids is 2. The van der Waals surface area contributed by atoms with Crippen LogP contribution in [0.15, 0.2) is 83.3 Å². The van der Waals surface area contributed by atoms with Gasteiger partial charge in [0.2, 0.25) is 21.8 Å². The first-order valence-electron chi connectivity index (χ1n) is 12.4. The molecule has 38 heavy (non-hydrogen) atoms. The molecule has 3 aromatic carbocycles. The Morgan fingerprint density at radius 1 is 0.921 bits per heavy atom. The predicted molar refractivity (Wildman–Crippen MR) is 155 cm³/mol. The molecule has 1 unspecified atom stereocenters. The molecule has 0 aromatic heterocycles. The summed E-state index contributed by atoms with van der Waals surface area (Å²) in [6, 6.07) is 22.9. The summed E-state index contributed by atoms with van der Waals surface area (Å²) in [4.78, 5) is 29.0. The summed E-state index contributed by atoms with van der Waals surface area (Å²) in [7, 11) is -3.79. The van der Waals surface area contributed by atoms with E-state index in [2.05, 4.69) is 21.2 Å². The van der Waals surface area contributed by atoms with E-state index in [-0.39, 0.29) is 24.9 Å². The summed E-state index contributed by atoms with van der Waals surface area (Å²) in [5.41, 5.74) is 3.06. The highest BCUT2D eigenvalue weighted by Crippen LogP contribution is 2.22. The molecule has 1 N–H and O–H groups in total. The van der Waals surface area contributed by atoms with Gasteiger partial charge in [0.25, 0.3) is 0 Å². The van der Waals surface area contributed by atoms with E-state index in [1.54, 1.807) is 24.3 Å². The average molecular weight is 601 g/mol. The molecule has 0 saturated heterocycles. The van der Waals surface area contributed by atoms with Crippen LogP contribution in [0.5, 0.6) is 0 Å². The number of nitrogens with zero attached hydrogens (tertiary/aromatic N) is 2. The van der Waals surface area contributed by atoms with E-state index >= 15 is 0 Å². The van der Waals surface area contributed by atoms with Gasteiger partial charge in [-0.05, 0) is 56.2 Å². The molecule has 9 heteroatoms. The summed E-state index contributed by atoms with van der Waals surface area (Å²) in [6.07, 6.45) is 1.36. The van der Waals surface area contributed by atoms with Crippen LogP contribution < -0.4 is 9.62 Å². The number of carbonyl (C=O) groups is 2. The van der Waals surface area contributed by atoms with Gasteiger partial charge in [-0.1, -0.05) is 76.1 Å². The lowest BCUT2D eigenvalue weighted by Crippen LogP contribution is -2.54. The van der Waals surface area contributed by atoms with Gasteiger partial charge < -0.3 is 10.2 Å². The van der Waals surface area contributed by atoms with E-state index < -0.39 is 28.5 Å². The zero-order chi connectivity index (χ0) is 27.9. The van der Waals surface area contributed by atoms with Gasteiger partial charge in [0, 0.05) is 23.5 Å². The van der Waals surface area contributed by atoms with Gasteiger partial charge in [0.15, 0.2) is 0 Å². The van der Waals surface area contributed by atoms with Crippen molar-refractivity contribution < 1.29 is 18.0 Å². The Kier molecular flexibility index (Phi) is 10.1. The molecule has 7 nitrogen and oxygen atoms in total. The minimum absolute atomic E-state index is 0.132. The van der Waals surface area contributed by atoms with Crippen molar-refractivity contribution in [3.05, 3.63) is 100 Å².